The lowest BCUT2D eigenvalue weighted by atomic mass is 10.0. The quantitative estimate of drug-likeness (QED) is 0.0578. The Labute approximate surface area is 211 Å². The lowest BCUT2D eigenvalue weighted by molar-refractivity contribution is -0.384. The van der Waals surface area contributed by atoms with Gasteiger partial charge in [0.15, 0.2) is 5.11 Å². The lowest BCUT2D eigenvalue weighted by Gasteiger charge is -2.07. The second kappa shape index (κ2) is 20.2. The molecule has 0 atom stereocenters. The van der Waals surface area contributed by atoms with Gasteiger partial charge in [0.2, 0.25) is 0 Å². The van der Waals surface area contributed by atoms with Crippen LogP contribution in [0.25, 0.3) is 0 Å². The summed E-state index contributed by atoms with van der Waals surface area (Å²) in [5.41, 5.74) is 2.81. The summed E-state index contributed by atoms with van der Waals surface area (Å²) in [5.74, 6) is -0.0804. The molecule has 0 saturated heterocycles. The number of nitrogens with one attached hydrogen (secondary N) is 2. The van der Waals surface area contributed by atoms with Gasteiger partial charge < -0.3 is 10.4 Å². The summed E-state index contributed by atoms with van der Waals surface area (Å²) in [6.45, 7) is 3.05. The van der Waals surface area contributed by atoms with Crippen molar-refractivity contribution in [2.75, 3.05) is 6.54 Å². The van der Waals surface area contributed by atoms with Crippen LogP contribution in [0.2, 0.25) is 0 Å². The van der Waals surface area contributed by atoms with Crippen molar-refractivity contribution in [3.8, 4) is 5.75 Å². The number of hydrogen-bond acceptors (Lipinski definition) is 5. The maximum absolute atomic E-state index is 10.8. The molecule has 34 heavy (non-hydrogen) atoms. The fourth-order valence-corrected chi connectivity index (χ4v) is 3.99. The van der Waals surface area contributed by atoms with Crippen LogP contribution >= 0.6 is 12.2 Å². The van der Waals surface area contributed by atoms with Crippen molar-refractivity contribution in [1.82, 2.24) is 10.7 Å². The molecule has 192 valence electrons. The highest BCUT2D eigenvalue weighted by Crippen LogP contribution is 2.21. The molecule has 0 aliphatic heterocycles. The molecule has 0 amide bonds. The van der Waals surface area contributed by atoms with Crippen LogP contribution in [0.4, 0.5) is 5.69 Å². The van der Waals surface area contributed by atoms with Crippen LogP contribution in [-0.4, -0.2) is 27.9 Å². The van der Waals surface area contributed by atoms with Crippen LogP contribution in [-0.2, 0) is 0 Å². The van der Waals surface area contributed by atoms with Crippen molar-refractivity contribution in [3.63, 3.8) is 0 Å². The van der Waals surface area contributed by atoms with E-state index in [9.17, 15) is 15.2 Å². The third-order valence-corrected chi connectivity index (χ3v) is 6.14. The van der Waals surface area contributed by atoms with Crippen LogP contribution in [0.1, 0.15) is 115 Å². The molecule has 0 radical (unpaired) electrons. The fraction of sp³-hybridized carbons (Fsp3) is 0.692. The topological polar surface area (TPSA) is 99.8 Å². The molecule has 0 aliphatic rings. The summed E-state index contributed by atoms with van der Waals surface area (Å²) in [7, 11) is 0. The fourth-order valence-electron chi connectivity index (χ4n) is 3.83. The van der Waals surface area contributed by atoms with Gasteiger partial charge in [-0.3, -0.25) is 15.5 Å². The predicted octanol–water partition coefficient (Wildman–Crippen LogP) is 7.36. The van der Waals surface area contributed by atoms with Crippen molar-refractivity contribution in [3.05, 3.63) is 33.9 Å². The van der Waals surface area contributed by atoms with Crippen LogP contribution < -0.4 is 10.7 Å². The van der Waals surface area contributed by atoms with Gasteiger partial charge in [-0.25, -0.2) is 0 Å². The standard InChI is InChI=1S/C26H44N4O3S/c1-2-3-4-5-6-7-8-9-10-11-12-13-14-15-16-17-20-27-26(34)29-28-22-23-21-24(30(32)33)18-19-25(23)31/h18-19,21-22,31H,2-17,20H2,1H3,(H2,27,29,34)/b28-22-. The summed E-state index contributed by atoms with van der Waals surface area (Å²) in [5, 5.41) is 28.0. The van der Waals surface area contributed by atoms with Gasteiger partial charge in [0.25, 0.3) is 5.69 Å². The summed E-state index contributed by atoms with van der Waals surface area (Å²) in [4.78, 5) is 10.3. The monoisotopic (exact) mass is 492 g/mol. The number of nitrogens with zero attached hydrogens (tertiary/aromatic N) is 2. The molecule has 0 saturated carbocycles. The van der Waals surface area contributed by atoms with Crippen LogP contribution in [0, 0.1) is 10.1 Å². The molecule has 0 aromatic heterocycles. The molecule has 0 bridgehead atoms. The highest BCUT2D eigenvalue weighted by Gasteiger charge is 2.08. The minimum atomic E-state index is -0.519. The number of phenolic OH excluding ortho intramolecular Hbond substituents is 1. The second-order valence-corrected chi connectivity index (χ2v) is 9.34. The number of aromatic hydroxyl groups is 1. The first-order chi connectivity index (χ1) is 16.5. The van der Waals surface area contributed by atoms with Crippen molar-refractivity contribution in [2.45, 2.75) is 110 Å². The number of phenols is 1. The van der Waals surface area contributed by atoms with Gasteiger partial charge in [-0.1, -0.05) is 103 Å². The first kappa shape index (κ1) is 29.8. The Kier molecular flexibility index (Phi) is 17.7. The molecule has 7 nitrogen and oxygen atoms in total. The Morgan fingerprint density at radius 2 is 1.44 bits per heavy atom. The van der Waals surface area contributed by atoms with Gasteiger partial charge in [-0.2, -0.15) is 5.10 Å². The summed E-state index contributed by atoms with van der Waals surface area (Å²) in [6, 6.07) is 3.77. The average Bonchev–Trinajstić information content (AvgIpc) is 2.82. The molecule has 0 spiro atoms. The van der Waals surface area contributed by atoms with Gasteiger partial charge in [0.05, 0.1) is 11.1 Å². The maximum atomic E-state index is 10.8. The molecule has 8 heteroatoms. The first-order valence-electron chi connectivity index (χ1n) is 13.1. The number of unbranched alkanes of at least 4 members (excludes halogenated alkanes) is 15. The highest BCUT2D eigenvalue weighted by atomic mass is 32.1. The first-order valence-corrected chi connectivity index (χ1v) is 13.5. The third kappa shape index (κ3) is 15.6. The van der Waals surface area contributed by atoms with Crippen LogP contribution in [0.5, 0.6) is 5.75 Å². The summed E-state index contributed by atoms with van der Waals surface area (Å²) in [6.07, 6.45) is 22.8. The lowest BCUT2D eigenvalue weighted by Crippen LogP contribution is -2.32. The van der Waals surface area contributed by atoms with E-state index in [0.717, 1.165) is 13.0 Å². The van der Waals surface area contributed by atoms with E-state index in [2.05, 4.69) is 22.8 Å². The molecule has 1 aromatic carbocycles. The minimum absolute atomic E-state index is 0.0804. The number of nitro benzene ring substituents is 1. The van der Waals surface area contributed by atoms with Gasteiger partial charge in [0.1, 0.15) is 5.75 Å². The number of benzene rings is 1. The number of nitro groups is 1. The van der Waals surface area contributed by atoms with E-state index in [1.165, 1.54) is 121 Å². The van der Waals surface area contributed by atoms with Crippen molar-refractivity contribution < 1.29 is 10.0 Å². The van der Waals surface area contributed by atoms with Gasteiger partial charge in [-0.05, 0) is 24.7 Å². The zero-order valence-electron chi connectivity index (χ0n) is 20.9. The smallest absolute Gasteiger partial charge is 0.270 e. The molecule has 1 aromatic rings. The average molecular weight is 493 g/mol. The largest absolute Gasteiger partial charge is 0.507 e. The Bertz CT molecular complexity index is 728. The van der Waals surface area contributed by atoms with E-state index in [4.69, 9.17) is 12.2 Å². The summed E-state index contributed by atoms with van der Waals surface area (Å²) >= 11 is 5.17. The van der Waals surface area contributed by atoms with Gasteiger partial charge in [0, 0.05) is 24.2 Å². The van der Waals surface area contributed by atoms with E-state index >= 15 is 0 Å². The molecule has 3 N–H and O–H groups in total. The number of hydrogen-bond donors (Lipinski definition) is 3. The number of rotatable bonds is 20. The molecule has 0 aliphatic carbocycles. The Morgan fingerprint density at radius 1 is 0.941 bits per heavy atom. The van der Waals surface area contributed by atoms with Crippen LogP contribution in [0.3, 0.4) is 0 Å². The minimum Gasteiger partial charge on any atom is -0.507 e. The zero-order valence-corrected chi connectivity index (χ0v) is 21.7. The number of non-ortho nitro benzene ring substituents is 1. The molecule has 0 heterocycles. The van der Waals surface area contributed by atoms with E-state index in [-0.39, 0.29) is 17.0 Å². The molecule has 1 rings (SSSR count). The Balaban J connectivity index is 1.92. The van der Waals surface area contributed by atoms with E-state index < -0.39 is 4.92 Å². The molecular formula is C26H44N4O3S. The maximum Gasteiger partial charge on any atom is 0.270 e. The number of hydrazone groups is 1. The van der Waals surface area contributed by atoms with Crippen molar-refractivity contribution >= 4 is 29.2 Å². The van der Waals surface area contributed by atoms with Crippen LogP contribution in [0.15, 0.2) is 23.3 Å². The SMILES string of the molecule is CCCCCCCCCCCCCCCCCCNC(=S)N/N=C\c1cc([N+](=O)[O-])ccc1O. The predicted molar refractivity (Wildman–Crippen MR) is 146 cm³/mol. The Morgan fingerprint density at radius 3 is 1.94 bits per heavy atom. The molecule has 0 unspecified atom stereocenters. The van der Waals surface area contributed by atoms with E-state index in [0.29, 0.717) is 5.11 Å². The Hall–Kier alpha value is -2.22. The van der Waals surface area contributed by atoms with E-state index in [1.807, 2.05) is 0 Å². The molecule has 0 fully saturated rings. The van der Waals surface area contributed by atoms with Gasteiger partial charge in [-0.15, -0.1) is 0 Å². The number of thiocarbonyl (C=S) groups is 1. The van der Waals surface area contributed by atoms with Crippen molar-refractivity contribution in [2.24, 2.45) is 5.10 Å². The molecular weight excluding hydrogens is 448 g/mol. The highest BCUT2D eigenvalue weighted by molar-refractivity contribution is 7.80. The second-order valence-electron chi connectivity index (χ2n) is 8.93. The zero-order chi connectivity index (χ0) is 24.9. The normalized spacial score (nSPS) is 11.1. The van der Waals surface area contributed by atoms with Gasteiger partial charge >= 0.3 is 0 Å². The van der Waals surface area contributed by atoms with E-state index in [1.54, 1.807) is 0 Å². The van der Waals surface area contributed by atoms with Crippen molar-refractivity contribution in [1.29, 1.82) is 0 Å². The third-order valence-electron chi connectivity index (χ3n) is 5.91. The summed E-state index contributed by atoms with van der Waals surface area (Å²) < 4.78 is 0.